The van der Waals surface area contributed by atoms with Gasteiger partial charge >= 0.3 is 0 Å². The third-order valence-electron chi connectivity index (χ3n) is 5.67. The van der Waals surface area contributed by atoms with Gasteiger partial charge < -0.3 is 5.32 Å². The number of carbonyl (C=O) groups excluding carboxylic acids is 1. The van der Waals surface area contributed by atoms with Crippen molar-refractivity contribution in [1.29, 1.82) is 0 Å². The highest BCUT2D eigenvalue weighted by Crippen LogP contribution is 2.33. The molecule has 3 aromatic heterocycles. The number of thiophene rings is 1. The predicted molar refractivity (Wildman–Crippen MR) is 131 cm³/mol. The van der Waals surface area contributed by atoms with E-state index in [0.717, 1.165) is 16.1 Å². The smallest absolute Gasteiger partial charge is 0.271 e. The number of rotatable bonds is 4. The minimum atomic E-state index is -0.540. The van der Waals surface area contributed by atoms with Crippen LogP contribution >= 0.6 is 22.7 Å². The largest absolute Gasteiger partial charge is 0.322 e. The van der Waals surface area contributed by atoms with E-state index in [1.807, 2.05) is 74.8 Å². The fourth-order valence-electron chi connectivity index (χ4n) is 3.85. The van der Waals surface area contributed by atoms with Crippen molar-refractivity contribution in [1.82, 2.24) is 14.3 Å². The lowest BCUT2D eigenvalue weighted by Gasteiger charge is -2.24. The maximum atomic E-state index is 13.6. The van der Waals surface area contributed by atoms with E-state index in [1.165, 1.54) is 22.7 Å². The number of aryl methyl sites for hydroxylation is 1. The second kappa shape index (κ2) is 8.42. The summed E-state index contributed by atoms with van der Waals surface area (Å²) in [4.78, 5) is 33.1. The van der Waals surface area contributed by atoms with Gasteiger partial charge in [-0.3, -0.25) is 18.8 Å². The highest BCUT2D eigenvalue weighted by molar-refractivity contribution is 7.10. The summed E-state index contributed by atoms with van der Waals surface area (Å²) in [5.74, 6) is -0.266. The lowest BCUT2D eigenvalue weighted by Crippen LogP contribution is -2.40. The van der Waals surface area contributed by atoms with E-state index in [0.29, 0.717) is 26.3 Å². The molecule has 0 spiro atoms. The average Bonchev–Trinajstić information content (AvgIpc) is 3.51. The molecule has 4 heterocycles. The molecule has 1 aliphatic heterocycles. The molecule has 4 aromatic rings. The molecule has 0 bridgehead atoms. The predicted octanol–water partition coefficient (Wildman–Crippen LogP) is 2.98. The second-order valence-electron chi connectivity index (χ2n) is 7.73. The molecule has 1 atom stereocenters. The van der Waals surface area contributed by atoms with Crippen LogP contribution in [0.15, 0.2) is 75.1 Å². The van der Waals surface area contributed by atoms with Gasteiger partial charge in [0.05, 0.1) is 22.0 Å². The van der Waals surface area contributed by atoms with E-state index in [4.69, 9.17) is 0 Å². The lowest BCUT2D eigenvalue weighted by molar-refractivity contribution is -0.113. The first-order valence-corrected chi connectivity index (χ1v) is 12.0. The number of anilines is 1. The summed E-state index contributed by atoms with van der Waals surface area (Å²) >= 11 is 2.84. The van der Waals surface area contributed by atoms with Gasteiger partial charge in [-0.15, -0.1) is 11.3 Å². The molecule has 0 saturated carbocycles. The summed E-state index contributed by atoms with van der Waals surface area (Å²) < 4.78 is 3.97. The molecule has 0 aliphatic carbocycles. The number of amides is 1. The number of thiazole rings is 1. The van der Waals surface area contributed by atoms with E-state index in [-0.39, 0.29) is 11.5 Å². The summed E-state index contributed by atoms with van der Waals surface area (Å²) in [6, 6.07) is 12.6. The number of hydrogen-bond acceptors (Lipinski definition) is 6. The first-order chi connectivity index (χ1) is 15.9. The van der Waals surface area contributed by atoms with Gasteiger partial charge in [0.2, 0.25) is 0 Å². The van der Waals surface area contributed by atoms with Crippen molar-refractivity contribution in [2.75, 3.05) is 5.32 Å². The van der Waals surface area contributed by atoms with Crippen molar-refractivity contribution in [3.63, 3.8) is 0 Å². The Morgan fingerprint density at radius 2 is 1.94 bits per heavy atom. The summed E-state index contributed by atoms with van der Waals surface area (Å²) in [5.41, 5.74) is 3.45. The van der Waals surface area contributed by atoms with Gasteiger partial charge in [-0.1, -0.05) is 35.6 Å². The maximum Gasteiger partial charge on any atom is 0.271 e. The zero-order valence-electron chi connectivity index (χ0n) is 18.3. The quantitative estimate of drug-likeness (QED) is 0.493. The van der Waals surface area contributed by atoms with Crippen LogP contribution in [0.4, 0.5) is 5.69 Å². The highest BCUT2D eigenvalue weighted by Gasteiger charge is 2.33. The van der Waals surface area contributed by atoms with Crippen LogP contribution < -0.4 is 20.2 Å². The van der Waals surface area contributed by atoms with Crippen molar-refractivity contribution >= 4 is 40.3 Å². The van der Waals surface area contributed by atoms with Crippen LogP contribution in [0, 0.1) is 6.92 Å². The number of para-hydroxylation sites is 1. The SMILES string of the molecule is CC1=C(C(=O)Nc2ccccc2)C(c2cccs2)n2c(s/c(=C/c3cnn(C)c3C)c2=O)=N1. The van der Waals surface area contributed by atoms with Crippen molar-refractivity contribution in [3.8, 4) is 0 Å². The zero-order chi connectivity index (χ0) is 23.1. The van der Waals surface area contributed by atoms with Crippen LogP contribution in [0.25, 0.3) is 6.08 Å². The molecule has 9 heteroatoms. The minimum Gasteiger partial charge on any atom is -0.322 e. The molecule has 166 valence electrons. The van der Waals surface area contributed by atoms with E-state index >= 15 is 0 Å². The topological polar surface area (TPSA) is 81.3 Å². The first kappa shape index (κ1) is 21.3. The van der Waals surface area contributed by atoms with Crippen molar-refractivity contribution in [2.24, 2.45) is 12.0 Å². The lowest BCUT2D eigenvalue weighted by atomic mass is 10.0. The highest BCUT2D eigenvalue weighted by atomic mass is 32.1. The number of allylic oxidation sites excluding steroid dienone is 1. The number of nitrogens with zero attached hydrogens (tertiary/aromatic N) is 4. The van der Waals surface area contributed by atoms with Crippen molar-refractivity contribution < 1.29 is 4.79 Å². The number of nitrogens with one attached hydrogen (secondary N) is 1. The Kier molecular flexibility index (Phi) is 5.43. The minimum absolute atomic E-state index is 0.169. The monoisotopic (exact) mass is 475 g/mol. The van der Waals surface area contributed by atoms with E-state index in [2.05, 4.69) is 15.4 Å². The third kappa shape index (κ3) is 3.79. The molecule has 1 aromatic carbocycles. The fraction of sp³-hybridized carbons (Fsp3) is 0.167. The molecule has 7 nitrogen and oxygen atoms in total. The van der Waals surface area contributed by atoms with Crippen molar-refractivity contribution in [3.05, 3.63) is 101 Å². The Morgan fingerprint density at radius 1 is 1.15 bits per heavy atom. The molecule has 0 radical (unpaired) electrons. The van der Waals surface area contributed by atoms with E-state index < -0.39 is 6.04 Å². The van der Waals surface area contributed by atoms with Crippen LogP contribution in [0.3, 0.4) is 0 Å². The summed E-state index contributed by atoms with van der Waals surface area (Å²) in [7, 11) is 1.87. The molecule has 0 saturated heterocycles. The van der Waals surface area contributed by atoms with Gasteiger partial charge in [0.15, 0.2) is 4.80 Å². The second-order valence-corrected chi connectivity index (χ2v) is 9.71. The normalized spacial score (nSPS) is 16.0. The Morgan fingerprint density at radius 3 is 2.61 bits per heavy atom. The van der Waals surface area contributed by atoms with Gasteiger partial charge in [0.25, 0.3) is 11.5 Å². The van der Waals surface area contributed by atoms with Gasteiger partial charge in [-0.2, -0.15) is 5.10 Å². The van der Waals surface area contributed by atoms with E-state index in [9.17, 15) is 9.59 Å². The molecule has 1 N–H and O–H groups in total. The molecule has 5 rings (SSSR count). The van der Waals surface area contributed by atoms with Gasteiger partial charge in [-0.25, -0.2) is 4.99 Å². The van der Waals surface area contributed by atoms with Gasteiger partial charge in [-0.05, 0) is 43.5 Å². The summed E-state index contributed by atoms with van der Waals surface area (Å²) in [6.07, 6.45) is 3.59. The molecule has 1 aliphatic rings. The van der Waals surface area contributed by atoms with Gasteiger partial charge in [0, 0.05) is 28.9 Å². The van der Waals surface area contributed by atoms with Crippen LogP contribution in [0.5, 0.6) is 0 Å². The average molecular weight is 476 g/mol. The number of fused-ring (bicyclic) bond motifs is 1. The van der Waals surface area contributed by atoms with Crippen LogP contribution in [0.1, 0.15) is 29.1 Å². The Balaban J connectivity index is 1.66. The van der Waals surface area contributed by atoms with Crippen LogP contribution in [-0.4, -0.2) is 20.3 Å². The summed E-state index contributed by atoms with van der Waals surface area (Å²) in [5, 5.41) is 9.17. The van der Waals surface area contributed by atoms with Crippen LogP contribution in [-0.2, 0) is 11.8 Å². The number of benzene rings is 1. The molecule has 1 amide bonds. The molecular weight excluding hydrogens is 454 g/mol. The number of aromatic nitrogens is 3. The van der Waals surface area contributed by atoms with E-state index in [1.54, 1.807) is 15.4 Å². The standard InChI is InChI=1S/C24H21N5O2S2/c1-14-20(22(30)27-17-8-5-4-6-9-17)21(18-10-7-11-32-18)29-23(31)19(33-24(29)26-14)12-16-13-25-28(3)15(16)2/h4-13,21H,1-3H3,(H,27,30)/b19-12+. The van der Waals surface area contributed by atoms with Crippen molar-refractivity contribution in [2.45, 2.75) is 19.9 Å². The zero-order valence-corrected chi connectivity index (χ0v) is 19.9. The molecule has 1 unspecified atom stereocenters. The fourth-order valence-corrected chi connectivity index (χ4v) is 5.71. The first-order valence-electron chi connectivity index (χ1n) is 10.3. The van der Waals surface area contributed by atoms with Crippen LogP contribution in [0.2, 0.25) is 0 Å². The molecule has 0 fully saturated rings. The van der Waals surface area contributed by atoms with Gasteiger partial charge in [0.1, 0.15) is 6.04 Å². The Bertz CT molecular complexity index is 1560. The Hall–Kier alpha value is -3.56. The summed E-state index contributed by atoms with van der Waals surface area (Å²) in [6.45, 7) is 3.78. The number of hydrogen-bond donors (Lipinski definition) is 1. The number of carbonyl (C=O) groups is 1. The maximum absolute atomic E-state index is 13.6. The third-order valence-corrected chi connectivity index (χ3v) is 7.58. The molecular formula is C24H21N5O2S2. The Labute approximate surface area is 197 Å². The molecule has 33 heavy (non-hydrogen) atoms.